The zero-order valence-corrected chi connectivity index (χ0v) is 13.8. The molecule has 4 nitrogen and oxygen atoms in total. The number of unbranched alkanes of at least 4 members (excludes halogenated alkanes) is 1. The van der Waals surface area contributed by atoms with Crippen molar-refractivity contribution in [1.82, 2.24) is 15.5 Å². The summed E-state index contributed by atoms with van der Waals surface area (Å²) in [5.74, 6) is 0. The van der Waals surface area contributed by atoms with Gasteiger partial charge in [-0.3, -0.25) is 0 Å². The Bertz CT molecular complexity index is 415. The third kappa shape index (κ3) is 6.17. The summed E-state index contributed by atoms with van der Waals surface area (Å²) >= 11 is 0. The van der Waals surface area contributed by atoms with E-state index in [9.17, 15) is 4.79 Å². The molecule has 4 heteroatoms. The van der Waals surface area contributed by atoms with E-state index < -0.39 is 0 Å². The molecule has 0 saturated carbocycles. The number of benzene rings is 1. The highest BCUT2D eigenvalue weighted by atomic mass is 16.2. The largest absolute Gasteiger partial charge is 0.338 e. The second-order valence-corrected chi connectivity index (χ2v) is 5.56. The standard InChI is InChI=1S/C17H29N3O/c1-5-7-12-18-17(21)19-13-16(20(3)4)15-10-8-14(6-2)9-11-15/h8-11,16H,5-7,12-13H2,1-4H3,(H2,18,19,21). The fraction of sp³-hybridized carbons (Fsp3) is 0.588. The van der Waals surface area contributed by atoms with Gasteiger partial charge in [-0.15, -0.1) is 0 Å². The van der Waals surface area contributed by atoms with Gasteiger partial charge in [-0.2, -0.15) is 0 Å². The molecule has 0 heterocycles. The smallest absolute Gasteiger partial charge is 0.314 e. The average Bonchev–Trinajstić information content (AvgIpc) is 2.48. The van der Waals surface area contributed by atoms with Crippen LogP contribution in [0.5, 0.6) is 0 Å². The van der Waals surface area contributed by atoms with E-state index in [1.54, 1.807) is 0 Å². The minimum absolute atomic E-state index is 0.0829. The Hall–Kier alpha value is -1.55. The Morgan fingerprint density at radius 1 is 1.14 bits per heavy atom. The SMILES string of the molecule is CCCCNC(=O)NCC(c1ccc(CC)cc1)N(C)C. The lowest BCUT2D eigenvalue weighted by molar-refractivity contribution is 0.232. The molecule has 0 radical (unpaired) electrons. The van der Waals surface area contributed by atoms with Crippen molar-refractivity contribution in [1.29, 1.82) is 0 Å². The summed E-state index contributed by atoms with van der Waals surface area (Å²) < 4.78 is 0. The van der Waals surface area contributed by atoms with Gasteiger partial charge in [0.15, 0.2) is 0 Å². The maximum Gasteiger partial charge on any atom is 0.314 e. The molecule has 0 fully saturated rings. The van der Waals surface area contributed by atoms with Crippen molar-refractivity contribution in [2.75, 3.05) is 27.2 Å². The maximum absolute atomic E-state index is 11.7. The Kier molecular flexibility index (Phi) is 7.83. The molecule has 1 atom stereocenters. The molecule has 1 aromatic carbocycles. The molecule has 0 aliphatic rings. The molecule has 0 aliphatic carbocycles. The van der Waals surface area contributed by atoms with Crippen molar-refractivity contribution in [3.8, 4) is 0 Å². The van der Waals surface area contributed by atoms with Crippen LogP contribution in [0.25, 0.3) is 0 Å². The van der Waals surface area contributed by atoms with E-state index in [-0.39, 0.29) is 12.1 Å². The van der Waals surface area contributed by atoms with Crippen molar-refractivity contribution in [2.45, 2.75) is 39.2 Å². The number of amides is 2. The van der Waals surface area contributed by atoms with Gasteiger partial charge in [0.05, 0.1) is 6.04 Å². The fourth-order valence-corrected chi connectivity index (χ4v) is 2.20. The van der Waals surface area contributed by atoms with Gasteiger partial charge in [-0.1, -0.05) is 44.5 Å². The molecule has 2 amide bonds. The summed E-state index contributed by atoms with van der Waals surface area (Å²) in [6, 6.07) is 8.73. The van der Waals surface area contributed by atoms with Crippen LogP contribution in [0.15, 0.2) is 24.3 Å². The molecule has 2 N–H and O–H groups in total. The van der Waals surface area contributed by atoms with Crippen molar-refractivity contribution < 1.29 is 4.79 Å². The molecular formula is C17H29N3O. The second kappa shape index (κ2) is 9.40. The molecule has 0 aromatic heterocycles. The van der Waals surface area contributed by atoms with Crippen LogP contribution in [0.1, 0.15) is 43.9 Å². The van der Waals surface area contributed by atoms with Crippen LogP contribution < -0.4 is 10.6 Å². The van der Waals surface area contributed by atoms with Gasteiger partial charge >= 0.3 is 6.03 Å². The first kappa shape index (κ1) is 17.5. The molecule has 118 valence electrons. The Morgan fingerprint density at radius 3 is 2.33 bits per heavy atom. The number of nitrogens with zero attached hydrogens (tertiary/aromatic N) is 1. The zero-order valence-electron chi connectivity index (χ0n) is 13.8. The van der Waals surface area contributed by atoms with E-state index in [1.165, 1.54) is 11.1 Å². The molecule has 0 aliphatic heterocycles. The summed E-state index contributed by atoms with van der Waals surface area (Å²) in [5, 5.41) is 5.84. The van der Waals surface area contributed by atoms with Crippen molar-refractivity contribution in [2.24, 2.45) is 0 Å². The van der Waals surface area contributed by atoms with E-state index in [2.05, 4.69) is 53.6 Å². The van der Waals surface area contributed by atoms with E-state index in [0.29, 0.717) is 6.54 Å². The number of nitrogens with one attached hydrogen (secondary N) is 2. The van der Waals surface area contributed by atoms with Gasteiger partial charge in [-0.05, 0) is 38.1 Å². The maximum atomic E-state index is 11.7. The van der Waals surface area contributed by atoms with Gasteiger partial charge in [0.1, 0.15) is 0 Å². The molecule has 1 rings (SSSR count). The Labute approximate surface area is 128 Å². The third-order valence-electron chi connectivity index (χ3n) is 3.67. The second-order valence-electron chi connectivity index (χ2n) is 5.56. The van der Waals surface area contributed by atoms with Crippen molar-refractivity contribution in [3.63, 3.8) is 0 Å². The molecular weight excluding hydrogens is 262 g/mol. The van der Waals surface area contributed by atoms with E-state index >= 15 is 0 Å². The van der Waals surface area contributed by atoms with Crippen molar-refractivity contribution >= 4 is 6.03 Å². The lowest BCUT2D eigenvalue weighted by Crippen LogP contribution is -2.40. The van der Waals surface area contributed by atoms with Gasteiger partial charge in [0.25, 0.3) is 0 Å². The molecule has 1 aromatic rings. The van der Waals surface area contributed by atoms with Crippen molar-refractivity contribution in [3.05, 3.63) is 35.4 Å². The third-order valence-corrected chi connectivity index (χ3v) is 3.67. The van der Waals surface area contributed by atoms with Gasteiger partial charge in [0.2, 0.25) is 0 Å². The van der Waals surface area contributed by atoms with Crippen LogP contribution in [0, 0.1) is 0 Å². The molecule has 21 heavy (non-hydrogen) atoms. The first-order chi connectivity index (χ1) is 10.1. The van der Waals surface area contributed by atoms with Crippen LogP contribution in [-0.4, -0.2) is 38.1 Å². The van der Waals surface area contributed by atoms with Gasteiger partial charge < -0.3 is 15.5 Å². The summed E-state index contributed by atoms with van der Waals surface area (Å²) in [6.07, 6.45) is 3.15. The van der Waals surface area contributed by atoms with E-state index in [0.717, 1.165) is 25.8 Å². The Morgan fingerprint density at radius 2 is 1.81 bits per heavy atom. The fourth-order valence-electron chi connectivity index (χ4n) is 2.20. The normalized spacial score (nSPS) is 12.2. The summed E-state index contributed by atoms with van der Waals surface area (Å²) in [4.78, 5) is 13.9. The number of carbonyl (C=O) groups excluding carboxylic acids is 1. The minimum Gasteiger partial charge on any atom is -0.338 e. The summed E-state index contributed by atoms with van der Waals surface area (Å²) in [7, 11) is 4.07. The first-order valence-electron chi connectivity index (χ1n) is 7.85. The summed E-state index contributed by atoms with van der Waals surface area (Å²) in [6.45, 7) is 5.61. The number of hydrogen-bond acceptors (Lipinski definition) is 2. The first-order valence-corrected chi connectivity index (χ1v) is 7.85. The predicted octanol–water partition coefficient (Wildman–Crippen LogP) is 2.95. The Balaban J connectivity index is 2.55. The highest BCUT2D eigenvalue weighted by Gasteiger charge is 2.15. The lowest BCUT2D eigenvalue weighted by Gasteiger charge is -2.25. The van der Waals surface area contributed by atoms with Crippen LogP contribution in [-0.2, 0) is 6.42 Å². The quantitative estimate of drug-likeness (QED) is 0.723. The number of aryl methyl sites for hydroxylation is 1. The van der Waals surface area contributed by atoms with Gasteiger partial charge in [-0.25, -0.2) is 4.79 Å². The number of urea groups is 1. The van der Waals surface area contributed by atoms with Crippen LogP contribution in [0.2, 0.25) is 0 Å². The van der Waals surface area contributed by atoms with E-state index in [4.69, 9.17) is 0 Å². The number of hydrogen-bond donors (Lipinski definition) is 2. The number of likely N-dealkylation sites (N-methyl/N-ethyl adjacent to an activating group) is 1. The predicted molar refractivity (Wildman–Crippen MR) is 88.6 cm³/mol. The topological polar surface area (TPSA) is 44.4 Å². The van der Waals surface area contributed by atoms with Crippen LogP contribution >= 0.6 is 0 Å². The van der Waals surface area contributed by atoms with Gasteiger partial charge in [0, 0.05) is 13.1 Å². The average molecular weight is 291 g/mol. The highest BCUT2D eigenvalue weighted by Crippen LogP contribution is 2.18. The zero-order chi connectivity index (χ0) is 15.7. The summed E-state index contributed by atoms with van der Waals surface area (Å²) in [5.41, 5.74) is 2.56. The van der Waals surface area contributed by atoms with Crippen LogP contribution in [0.3, 0.4) is 0 Å². The minimum atomic E-state index is -0.0829. The highest BCUT2D eigenvalue weighted by molar-refractivity contribution is 5.73. The number of carbonyl (C=O) groups is 1. The van der Waals surface area contributed by atoms with E-state index in [1.807, 2.05) is 14.1 Å². The number of rotatable bonds is 8. The molecule has 1 unspecified atom stereocenters. The monoisotopic (exact) mass is 291 g/mol. The lowest BCUT2D eigenvalue weighted by atomic mass is 10.0. The molecule has 0 saturated heterocycles. The molecule has 0 bridgehead atoms. The molecule has 0 spiro atoms. The van der Waals surface area contributed by atoms with Crippen LogP contribution in [0.4, 0.5) is 4.79 Å².